The Morgan fingerprint density at radius 2 is 2.26 bits per heavy atom. The van der Waals surface area contributed by atoms with Crippen molar-refractivity contribution in [2.24, 2.45) is 16.3 Å². The molecule has 1 aromatic rings. The third kappa shape index (κ3) is 3.26. The minimum absolute atomic E-state index is 0.0607. The number of hydrogen-bond acceptors (Lipinski definition) is 4. The van der Waals surface area contributed by atoms with E-state index >= 15 is 0 Å². The van der Waals surface area contributed by atoms with Gasteiger partial charge in [-0.15, -0.1) is 11.3 Å². The molecule has 0 aliphatic heterocycles. The minimum atomic E-state index is -0.974. The number of carbonyl (C=O) groups is 1. The van der Waals surface area contributed by atoms with E-state index < -0.39 is 5.41 Å². The lowest BCUT2D eigenvalue weighted by atomic mass is 9.85. The van der Waals surface area contributed by atoms with E-state index in [1.807, 2.05) is 12.3 Å². The molecule has 0 aliphatic rings. The van der Waals surface area contributed by atoms with Gasteiger partial charge in [0, 0.05) is 4.88 Å². The van der Waals surface area contributed by atoms with Crippen molar-refractivity contribution in [1.82, 2.24) is 5.32 Å². The van der Waals surface area contributed by atoms with Gasteiger partial charge in [-0.05, 0) is 36.8 Å². The molecular formula is C13H21N3O2S. The molecule has 0 radical (unpaired) electrons. The van der Waals surface area contributed by atoms with Crippen LogP contribution < -0.4 is 11.1 Å². The van der Waals surface area contributed by atoms with Gasteiger partial charge in [0.1, 0.15) is 5.41 Å². The van der Waals surface area contributed by atoms with E-state index in [1.54, 1.807) is 18.3 Å². The van der Waals surface area contributed by atoms with Gasteiger partial charge in [-0.25, -0.2) is 0 Å². The van der Waals surface area contributed by atoms with Crippen LogP contribution in [0.5, 0.6) is 0 Å². The number of aryl methyl sites for hydroxylation is 1. The summed E-state index contributed by atoms with van der Waals surface area (Å²) in [6.07, 6.45) is 1.42. The van der Waals surface area contributed by atoms with E-state index in [0.717, 1.165) is 11.3 Å². The van der Waals surface area contributed by atoms with Crippen molar-refractivity contribution in [2.75, 3.05) is 0 Å². The molecule has 0 aromatic carbocycles. The summed E-state index contributed by atoms with van der Waals surface area (Å²) >= 11 is 1.62. The third-order valence-corrected chi connectivity index (χ3v) is 4.47. The van der Waals surface area contributed by atoms with Gasteiger partial charge in [0.15, 0.2) is 5.84 Å². The standard InChI is InChI=1S/C13H21N3O2S/c1-4-9-6-7-19-10(9)8-15-12(17)13(3,5-2)11(14)16-18/h6-7,18H,4-5,8H2,1-3H3,(H2,14,16)(H,15,17). The van der Waals surface area contributed by atoms with Crippen molar-refractivity contribution in [2.45, 2.75) is 40.2 Å². The van der Waals surface area contributed by atoms with Crippen molar-refractivity contribution in [3.8, 4) is 0 Å². The van der Waals surface area contributed by atoms with Crippen LogP contribution in [0.4, 0.5) is 0 Å². The summed E-state index contributed by atoms with van der Waals surface area (Å²) in [5.74, 6) is -0.282. The number of thiophene rings is 1. The normalized spacial score (nSPS) is 15.0. The van der Waals surface area contributed by atoms with Gasteiger partial charge in [-0.1, -0.05) is 19.0 Å². The van der Waals surface area contributed by atoms with Crippen LogP contribution in [0.2, 0.25) is 0 Å². The topological polar surface area (TPSA) is 87.7 Å². The van der Waals surface area contributed by atoms with E-state index in [9.17, 15) is 4.79 Å². The molecule has 1 aromatic heterocycles. The van der Waals surface area contributed by atoms with Crippen molar-refractivity contribution >= 4 is 23.1 Å². The zero-order chi connectivity index (χ0) is 14.5. The highest BCUT2D eigenvalue weighted by atomic mass is 32.1. The molecular weight excluding hydrogens is 262 g/mol. The van der Waals surface area contributed by atoms with Gasteiger partial charge in [-0.3, -0.25) is 4.79 Å². The molecule has 1 rings (SSSR count). The van der Waals surface area contributed by atoms with Crippen LogP contribution in [0, 0.1) is 5.41 Å². The van der Waals surface area contributed by atoms with Crippen molar-refractivity contribution in [3.63, 3.8) is 0 Å². The van der Waals surface area contributed by atoms with E-state index in [2.05, 4.69) is 23.5 Å². The Morgan fingerprint density at radius 3 is 2.79 bits per heavy atom. The van der Waals surface area contributed by atoms with Crippen LogP contribution in [0.25, 0.3) is 0 Å². The molecule has 0 aliphatic carbocycles. The summed E-state index contributed by atoms with van der Waals surface area (Å²) in [5.41, 5.74) is 5.88. The highest BCUT2D eigenvalue weighted by Gasteiger charge is 2.36. The van der Waals surface area contributed by atoms with Crippen LogP contribution in [0.3, 0.4) is 0 Å². The molecule has 1 heterocycles. The molecule has 4 N–H and O–H groups in total. The fourth-order valence-corrected chi connectivity index (χ4v) is 2.68. The molecule has 0 bridgehead atoms. The van der Waals surface area contributed by atoms with Gasteiger partial charge in [0.25, 0.3) is 0 Å². The number of rotatable bonds is 6. The van der Waals surface area contributed by atoms with Gasteiger partial charge in [0.2, 0.25) is 5.91 Å². The van der Waals surface area contributed by atoms with Crippen molar-refractivity contribution in [3.05, 3.63) is 21.9 Å². The lowest BCUT2D eigenvalue weighted by molar-refractivity contribution is -0.127. The predicted octanol–water partition coefficient (Wildman–Crippen LogP) is 2.09. The SMILES string of the molecule is CCc1ccsc1CNC(=O)C(C)(CC)/C(N)=N/O. The number of amidine groups is 1. The molecule has 0 spiro atoms. The molecule has 106 valence electrons. The quantitative estimate of drug-likeness (QED) is 0.323. The molecule has 1 atom stereocenters. The molecule has 6 heteroatoms. The zero-order valence-electron chi connectivity index (χ0n) is 11.6. The molecule has 0 saturated carbocycles. The third-order valence-electron chi connectivity index (χ3n) is 3.51. The second-order valence-corrected chi connectivity index (χ2v) is 5.58. The maximum Gasteiger partial charge on any atom is 0.233 e. The van der Waals surface area contributed by atoms with Crippen molar-refractivity contribution in [1.29, 1.82) is 0 Å². The van der Waals surface area contributed by atoms with E-state index in [-0.39, 0.29) is 11.7 Å². The van der Waals surface area contributed by atoms with E-state index in [4.69, 9.17) is 10.9 Å². The number of nitrogens with one attached hydrogen (secondary N) is 1. The smallest absolute Gasteiger partial charge is 0.233 e. The minimum Gasteiger partial charge on any atom is -0.409 e. The number of carbonyl (C=O) groups excluding carboxylic acids is 1. The first-order valence-corrected chi connectivity index (χ1v) is 7.19. The van der Waals surface area contributed by atoms with Crippen LogP contribution in [0.15, 0.2) is 16.6 Å². The average molecular weight is 283 g/mol. The Hall–Kier alpha value is -1.56. The Kier molecular flexibility index (Phi) is 5.35. The molecule has 0 fully saturated rings. The fraction of sp³-hybridized carbons (Fsp3) is 0.538. The first kappa shape index (κ1) is 15.5. The fourth-order valence-electron chi connectivity index (χ4n) is 1.76. The predicted molar refractivity (Wildman–Crippen MR) is 77.4 cm³/mol. The maximum absolute atomic E-state index is 12.2. The summed E-state index contributed by atoms with van der Waals surface area (Å²) in [5, 5.41) is 16.6. The second-order valence-electron chi connectivity index (χ2n) is 4.58. The second kappa shape index (κ2) is 6.56. The van der Waals surface area contributed by atoms with Crippen LogP contribution in [-0.4, -0.2) is 17.0 Å². The summed E-state index contributed by atoms with van der Waals surface area (Å²) in [4.78, 5) is 13.4. The number of oxime groups is 1. The molecule has 0 saturated heterocycles. The van der Waals surface area contributed by atoms with Crippen LogP contribution in [-0.2, 0) is 17.8 Å². The van der Waals surface area contributed by atoms with Crippen LogP contribution >= 0.6 is 11.3 Å². The van der Waals surface area contributed by atoms with E-state index in [1.165, 1.54) is 5.56 Å². The number of nitrogens with two attached hydrogens (primary N) is 1. The lowest BCUT2D eigenvalue weighted by Gasteiger charge is -2.25. The van der Waals surface area contributed by atoms with Gasteiger partial charge in [-0.2, -0.15) is 0 Å². The van der Waals surface area contributed by atoms with Gasteiger partial charge in [0.05, 0.1) is 6.54 Å². The Balaban J connectivity index is 2.74. The molecule has 1 unspecified atom stereocenters. The Morgan fingerprint density at radius 1 is 1.58 bits per heavy atom. The average Bonchev–Trinajstić information content (AvgIpc) is 2.90. The summed E-state index contributed by atoms with van der Waals surface area (Å²) < 4.78 is 0. The number of amides is 1. The number of nitrogens with zero attached hydrogens (tertiary/aromatic N) is 1. The van der Waals surface area contributed by atoms with Crippen molar-refractivity contribution < 1.29 is 10.0 Å². The van der Waals surface area contributed by atoms with Crippen LogP contribution in [0.1, 0.15) is 37.6 Å². The largest absolute Gasteiger partial charge is 0.409 e. The molecule has 1 amide bonds. The zero-order valence-corrected chi connectivity index (χ0v) is 12.4. The Labute approximate surface area is 117 Å². The number of hydrogen-bond donors (Lipinski definition) is 3. The van der Waals surface area contributed by atoms with Gasteiger partial charge >= 0.3 is 0 Å². The summed E-state index contributed by atoms with van der Waals surface area (Å²) in [6, 6.07) is 2.06. The van der Waals surface area contributed by atoms with E-state index in [0.29, 0.717) is 13.0 Å². The molecule has 5 nitrogen and oxygen atoms in total. The lowest BCUT2D eigenvalue weighted by Crippen LogP contribution is -2.47. The first-order chi connectivity index (χ1) is 8.99. The maximum atomic E-state index is 12.2. The summed E-state index contributed by atoms with van der Waals surface area (Å²) in [7, 11) is 0. The Bertz CT molecular complexity index is 470. The highest BCUT2D eigenvalue weighted by molar-refractivity contribution is 7.10. The van der Waals surface area contributed by atoms with Gasteiger partial charge < -0.3 is 16.3 Å². The first-order valence-electron chi connectivity index (χ1n) is 6.31. The summed E-state index contributed by atoms with van der Waals surface area (Å²) in [6.45, 7) is 6.07. The molecule has 19 heavy (non-hydrogen) atoms. The monoisotopic (exact) mass is 283 g/mol. The highest BCUT2D eigenvalue weighted by Crippen LogP contribution is 2.23.